The minimum Gasteiger partial charge on any atom is -0.507 e. The van der Waals surface area contributed by atoms with Gasteiger partial charge in [0.05, 0.1) is 10.9 Å². The van der Waals surface area contributed by atoms with Gasteiger partial charge >= 0.3 is 0 Å². The topological polar surface area (TPSA) is 70.1 Å². The Morgan fingerprint density at radius 2 is 2.29 bits per heavy atom. The molecule has 1 unspecified atom stereocenters. The van der Waals surface area contributed by atoms with Crippen LogP contribution in [0.2, 0.25) is 0 Å². The van der Waals surface area contributed by atoms with E-state index in [1.54, 1.807) is 18.2 Å². The highest BCUT2D eigenvalue weighted by Gasteiger charge is 2.14. The largest absolute Gasteiger partial charge is 0.507 e. The van der Waals surface area contributed by atoms with Crippen molar-refractivity contribution in [1.82, 2.24) is 0 Å². The number of nitrogens with two attached hydrogens (primary N) is 1. The number of hydrogen-bond donors (Lipinski definition) is 3. The van der Waals surface area contributed by atoms with E-state index in [1.165, 1.54) is 0 Å². The molecule has 0 aromatic heterocycles. The van der Waals surface area contributed by atoms with Gasteiger partial charge in [-0.1, -0.05) is 19.1 Å². The van der Waals surface area contributed by atoms with Crippen molar-refractivity contribution in [3.8, 4) is 5.75 Å². The number of nitrogen functional groups attached to an aromatic ring is 1. The Labute approximate surface area is 88.0 Å². The Kier molecular flexibility index (Phi) is 3.36. The van der Waals surface area contributed by atoms with Gasteiger partial charge in [-0.15, -0.1) is 11.6 Å². The number of hydrogen-bond acceptors (Lipinski definition) is 2. The summed E-state index contributed by atoms with van der Waals surface area (Å²) in [4.78, 5) is 0. The van der Waals surface area contributed by atoms with Crippen LogP contribution >= 0.6 is 11.6 Å². The van der Waals surface area contributed by atoms with Crippen molar-refractivity contribution >= 4 is 17.4 Å². The van der Waals surface area contributed by atoms with E-state index in [0.717, 1.165) is 6.42 Å². The summed E-state index contributed by atoms with van der Waals surface area (Å²) in [5.74, 6) is -0.133. The minimum absolute atomic E-state index is 0.0156. The summed E-state index contributed by atoms with van der Waals surface area (Å²) in [6.45, 7) is 1.93. The first-order chi connectivity index (χ1) is 6.57. The van der Waals surface area contributed by atoms with Crippen LogP contribution in [0.25, 0.3) is 0 Å². The molecule has 1 aromatic rings. The van der Waals surface area contributed by atoms with E-state index in [0.29, 0.717) is 11.1 Å². The molecule has 0 aliphatic carbocycles. The lowest BCUT2D eigenvalue weighted by molar-refractivity contribution is 0.465. The molecule has 0 amide bonds. The predicted molar refractivity (Wildman–Crippen MR) is 58.0 cm³/mol. The maximum atomic E-state index is 9.76. The van der Waals surface area contributed by atoms with E-state index in [4.69, 9.17) is 22.7 Å². The van der Waals surface area contributed by atoms with Gasteiger partial charge in [0.2, 0.25) is 0 Å². The number of rotatable bonds is 3. The lowest BCUT2D eigenvalue weighted by atomic mass is 10.0. The van der Waals surface area contributed by atoms with Crippen molar-refractivity contribution in [3.05, 3.63) is 29.3 Å². The fraction of sp³-hybridized carbons (Fsp3) is 0.300. The summed E-state index contributed by atoms with van der Waals surface area (Å²) in [6, 6.07) is 5.07. The van der Waals surface area contributed by atoms with Gasteiger partial charge in [-0.25, -0.2) is 0 Å². The van der Waals surface area contributed by atoms with Crippen LogP contribution in [0.1, 0.15) is 29.8 Å². The summed E-state index contributed by atoms with van der Waals surface area (Å²) in [6.07, 6.45) is 0.719. The van der Waals surface area contributed by atoms with Crippen LogP contribution in [0.4, 0.5) is 0 Å². The van der Waals surface area contributed by atoms with Gasteiger partial charge in [0.1, 0.15) is 11.6 Å². The highest BCUT2D eigenvalue weighted by Crippen LogP contribution is 2.33. The van der Waals surface area contributed by atoms with E-state index < -0.39 is 0 Å². The van der Waals surface area contributed by atoms with Crippen molar-refractivity contribution in [2.45, 2.75) is 18.7 Å². The Morgan fingerprint density at radius 1 is 1.64 bits per heavy atom. The molecule has 4 heteroatoms. The van der Waals surface area contributed by atoms with Gasteiger partial charge in [0, 0.05) is 5.56 Å². The highest BCUT2D eigenvalue weighted by molar-refractivity contribution is 6.21. The molecule has 0 spiro atoms. The molecule has 0 heterocycles. The molecule has 0 saturated carbocycles. The van der Waals surface area contributed by atoms with Crippen LogP contribution in [-0.2, 0) is 0 Å². The zero-order valence-electron chi connectivity index (χ0n) is 7.92. The van der Waals surface area contributed by atoms with Crippen LogP contribution in [-0.4, -0.2) is 10.9 Å². The normalized spacial score (nSPS) is 12.4. The number of aromatic hydroxyl groups is 1. The van der Waals surface area contributed by atoms with Gasteiger partial charge in [0.15, 0.2) is 0 Å². The van der Waals surface area contributed by atoms with Gasteiger partial charge < -0.3 is 10.8 Å². The van der Waals surface area contributed by atoms with E-state index >= 15 is 0 Å². The maximum absolute atomic E-state index is 9.76. The molecule has 0 aliphatic heterocycles. The van der Waals surface area contributed by atoms with Crippen molar-refractivity contribution in [1.29, 1.82) is 5.41 Å². The Balaban J connectivity index is 3.20. The molecule has 1 rings (SSSR count). The first-order valence-electron chi connectivity index (χ1n) is 4.38. The first-order valence-corrected chi connectivity index (χ1v) is 4.81. The van der Waals surface area contributed by atoms with Gasteiger partial charge in [-0.05, 0) is 12.5 Å². The predicted octanol–water partition coefficient (Wildman–Crippen LogP) is 2.37. The number of alkyl halides is 1. The highest BCUT2D eigenvalue weighted by atomic mass is 35.5. The molecular formula is C10H13ClN2O. The van der Waals surface area contributed by atoms with Crippen LogP contribution in [0, 0.1) is 5.41 Å². The Hall–Kier alpha value is -1.22. The minimum atomic E-state index is -0.241. The van der Waals surface area contributed by atoms with E-state index in [1.807, 2.05) is 6.92 Å². The number of phenols is 1. The third-order valence-corrected chi connectivity index (χ3v) is 2.60. The first kappa shape index (κ1) is 10.9. The monoisotopic (exact) mass is 212 g/mol. The fourth-order valence-electron chi connectivity index (χ4n) is 1.25. The summed E-state index contributed by atoms with van der Waals surface area (Å²) < 4.78 is 0. The molecule has 3 nitrogen and oxygen atoms in total. The zero-order valence-corrected chi connectivity index (χ0v) is 8.67. The third kappa shape index (κ3) is 1.99. The summed E-state index contributed by atoms with van der Waals surface area (Å²) in [5, 5.41) is 16.8. The number of phenolic OH excluding ortho intramolecular Hbond substituents is 1. The van der Waals surface area contributed by atoms with Crippen LogP contribution in [0.15, 0.2) is 18.2 Å². The zero-order chi connectivity index (χ0) is 10.7. The number of para-hydroxylation sites is 1. The molecule has 76 valence electrons. The SMILES string of the molecule is CCC(Cl)c1cccc(C(=N)N)c1O. The van der Waals surface area contributed by atoms with Crippen LogP contribution < -0.4 is 5.73 Å². The third-order valence-electron chi connectivity index (χ3n) is 2.05. The average Bonchev–Trinajstić information content (AvgIpc) is 2.16. The lowest BCUT2D eigenvalue weighted by Gasteiger charge is -2.11. The van der Waals surface area contributed by atoms with Crippen molar-refractivity contribution < 1.29 is 5.11 Å². The molecule has 0 radical (unpaired) electrons. The van der Waals surface area contributed by atoms with E-state index in [-0.39, 0.29) is 17.0 Å². The smallest absolute Gasteiger partial charge is 0.131 e. The summed E-state index contributed by atoms with van der Waals surface area (Å²) >= 11 is 6.00. The molecule has 0 fully saturated rings. The molecule has 0 bridgehead atoms. The van der Waals surface area contributed by atoms with Crippen molar-refractivity contribution in [2.24, 2.45) is 5.73 Å². The van der Waals surface area contributed by atoms with E-state index in [9.17, 15) is 5.11 Å². The Bertz CT molecular complexity index is 352. The molecule has 1 aromatic carbocycles. The second-order valence-corrected chi connectivity index (χ2v) is 3.56. The second-order valence-electron chi connectivity index (χ2n) is 3.03. The number of halogens is 1. The lowest BCUT2D eigenvalue weighted by Crippen LogP contribution is -2.11. The second kappa shape index (κ2) is 4.33. The molecule has 1 atom stereocenters. The summed E-state index contributed by atoms with van der Waals surface area (Å²) in [5.41, 5.74) is 6.27. The van der Waals surface area contributed by atoms with Crippen LogP contribution in [0.5, 0.6) is 5.75 Å². The standard InChI is InChI=1S/C10H13ClN2O/c1-2-8(11)6-4-3-5-7(9(6)14)10(12)13/h3-5,8,14H,2H2,1H3,(H3,12,13). The van der Waals surface area contributed by atoms with E-state index in [2.05, 4.69) is 0 Å². The van der Waals surface area contributed by atoms with Crippen molar-refractivity contribution in [3.63, 3.8) is 0 Å². The molecule has 4 N–H and O–H groups in total. The number of nitrogens with one attached hydrogen (secondary N) is 1. The van der Waals surface area contributed by atoms with Gasteiger partial charge in [0.25, 0.3) is 0 Å². The van der Waals surface area contributed by atoms with Gasteiger partial charge in [-0.2, -0.15) is 0 Å². The molecule has 0 aliphatic rings. The average molecular weight is 213 g/mol. The molecular weight excluding hydrogens is 200 g/mol. The van der Waals surface area contributed by atoms with Crippen molar-refractivity contribution in [2.75, 3.05) is 0 Å². The Morgan fingerprint density at radius 3 is 2.79 bits per heavy atom. The maximum Gasteiger partial charge on any atom is 0.131 e. The van der Waals surface area contributed by atoms with Crippen LogP contribution in [0.3, 0.4) is 0 Å². The molecule has 14 heavy (non-hydrogen) atoms. The quantitative estimate of drug-likeness (QED) is 0.409. The number of benzene rings is 1. The summed E-state index contributed by atoms with van der Waals surface area (Å²) in [7, 11) is 0. The fourth-order valence-corrected chi connectivity index (χ4v) is 1.43. The van der Waals surface area contributed by atoms with Gasteiger partial charge in [-0.3, -0.25) is 5.41 Å². The molecule has 0 saturated heterocycles. The number of amidine groups is 1.